The average molecular weight is 881 g/mol. The number of hydrogen-bond donors (Lipinski definition) is 5. The van der Waals surface area contributed by atoms with Crippen LogP contribution in [0.3, 0.4) is 0 Å². The molecule has 4 amide bonds. The zero-order chi connectivity index (χ0) is 45.0. The molecule has 5 N–H and O–H groups in total. The van der Waals surface area contributed by atoms with E-state index in [4.69, 9.17) is 33.7 Å². The lowest BCUT2D eigenvalue weighted by molar-refractivity contribution is -0.140. The third-order valence-corrected chi connectivity index (χ3v) is 14.1. The van der Waals surface area contributed by atoms with Gasteiger partial charge >= 0.3 is 12.2 Å². The first kappa shape index (κ1) is 43.1. The van der Waals surface area contributed by atoms with Gasteiger partial charge in [0.25, 0.3) is 0 Å². The van der Waals surface area contributed by atoms with Crippen molar-refractivity contribution in [1.82, 2.24) is 40.4 Å². The van der Waals surface area contributed by atoms with Crippen LogP contribution in [0.2, 0.25) is 0 Å². The van der Waals surface area contributed by atoms with Crippen LogP contribution in [0.15, 0.2) is 48.8 Å². The summed E-state index contributed by atoms with van der Waals surface area (Å²) < 4.78 is 27.9. The predicted molar refractivity (Wildman–Crippen MR) is 230 cm³/mol. The summed E-state index contributed by atoms with van der Waals surface area (Å²) in [4.78, 5) is 73.0. The molecule has 2 saturated carbocycles. The first-order chi connectivity index (χ1) is 30.9. The van der Waals surface area contributed by atoms with Crippen LogP contribution < -0.4 is 20.1 Å². The number of alkyl carbamates (subject to hydrolysis) is 2. The molecule has 0 bridgehead atoms. The van der Waals surface area contributed by atoms with Crippen LogP contribution in [0.5, 0.6) is 23.0 Å². The van der Waals surface area contributed by atoms with Gasteiger partial charge < -0.3 is 59.2 Å². The average Bonchev–Trinajstić information content (AvgIpc) is 4.16. The first-order valence-electron chi connectivity index (χ1n) is 22.2. The number of aromatic amines is 2. The van der Waals surface area contributed by atoms with Gasteiger partial charge in [0, 0.05) is 30.3 Å². The number of hydrogen-bond acceptors (Lipinski definition) is 12. The summed E-state index contributed by atoms with van der Waals surface area (Å²) >= 11 is 0. The Morgan fingerprint density at radius 2 is 1.28 bits per heavy atom. The van der Waals surface area contributed by atoms with Crippen molar-refractivity contribution in [1.29, 1.82) is 0 Å². The minimum atomic E-state index is -1.17. The van der Waals surface area contributed by atoms with E-state index in [0.29, 0.717) is 47.0 Å². The summed E-state index contributed by atoms with van der Waals surface area (Å²) in [7, 11) is 4.00. The van der Waals surface area contributed by atoms with Gasteiger partial charge in [0.15, 0.2) is 23.0 Å². The number of H-pyrrole nitrogens is 2. The molecule has 4 fully saturated rings. The minimum absolute atomic E-state index is 0.0342. The quantitative estimate of drug-likeness (QED) is 0.0978. The second kappa shape index (κ2) is 17.4. The number of nitrogens with one attached hydrogen (secondary N) is 4. The number of fused-ring (bicyclic) bond motifs is 4. The highest BCUT2D eigenvalue weighted by atomic mass is 16.6. The molecule has 3 aliphatic heterocycles. The molecule has 5 heterocycles. The van der Waals surface area contributed by atoms with Gasteiger partial charge in [-0.25, -0.2) is 19.6 Å². The van der Waals surface area contributed by atoms with E-state index in [1.54, 1.807) is 19.3 Å². The van der Waals surface area contributed by atoms with Crippen LogP contribution in [0.1, 0.15) is 89.4 Å². The largest absolute Gasteiger partial charge is 0.453 e. The molecular formula is C46H56N8O10. The predicted octanol–water partition coefficient (Wildman–Crippen LogP) is 6.36. The highest BCUT2D eigenvalue weighted by Gasteiger charge is 2.53. The molecule has 2 aliphatic carbocycles. The fourth-order valence-corrected chi connectivity index (χ4v) is 10.9. The maximum atomic E-state index is 14.2. The summed E-state index contributed by atoms with van der Waals surface area (Å²) in [6.07, 6.45) is 6.67. The van der Waals surface area contributed by atoms with Gasteiger partial charge in [-0.2, -0.15) is 0 Å². The van der Waals surface area contributed by atoms with Crippen molar-refractivity contribution < 1.29 is 48.0 Å². The van der Waals surface area contributed by atoms with E-state index >= 15 is 0 Å². The van der Waals surface area contributed by atoms with Crippen molar-refractivity contribution in [3.8, 4) is 45.5 Å². The minimum Gasteiger partial charge on any atom is -0.453 e. The molecule has 0 radical (unpaired) electrons. The van der Waals surface area contributed by atoms with Crippen molar-refractivity contribution in [3.05, 3.63) is 60.4 Å². The highest BCUT2D eigenvalue weighted by Crippen LogP contribution is 2.52. The van der Waals surface area contributed by atoms with Gasteiger partial charge in [0.05, 0.1) is 62.3 Å². The smallest absolute Gasteiger partial charge is 0.407 e. The van der Waals surface area contributed by atoms with E-state index < -0.39 is 36.5 Å². The lowest BCUT2D eigenvalue weighted by Gasteiger charge is -2.35. The van der Waals surface area contributed by atoms with E-state index in [-0.39, 0.29) is 47.8 Å². The van der Waals surface area contributed by atoms with E-state index in [2.05, 4.69) is 27.5 Å². The van der Waals surface area contributed by atoms with Gasteiger partial charge in [-0.3, -0.25) is 9.59 Å². The molecule has 0 spiro atoms. The Morgan fingerprint density at radius 1 is 0.734 bits per heavy atom. The number of imidazole rings is 2. The molecule has 1 unspecified atom stereocenters. The maximum Gasteiger partial charge on any atom is 0.407 e. The Labute approximate surface area is 370 Å². The Kier molecular flexibility index (Phi) is 11.8. The molecule has 5 aliphatic rings. The highest BCUT2D eigenvalue weighted by molar-refractivity contribution is 5.88. The van der Waals surface area contributed by atoms with Crippen LogP contribution in [-0.2, 0) is 23.8 Å². The molecule has 2 saturated heterocycles. The molecule has 64 heavy (non-hydrogen) atoms. The number of nitrogens with zero attached hydrogens (tertiary/aromatic N) is 4. The number of benzene rings is 2. The van der Waals surface area contributed by atoms with Crippen molar-refractivity contribution >= 4 is 24.0 Å². The lowest BCUT2D eigenvalue weighted by Crippen LogP contribution is -2.56. The summed E-state index contributed by atoms with van der Waals surface area (Å²) in [6.45, 7) is 5.37. The van der Waals surface area contributed by atoms with Crippen molar-refractivity contribution in [3.63, 3.8) is 0 Å². The number of carbonyl (C=O) groups excluding carboxylic acids is 4. The first-order valence-corrected chi connectivity index (χ1v) is 22.2. The summed E-state index contributed by atoms with van der Waals surface area (Å²) in [5.74, 6) is 3.64. The van der Waals surface area contributed by atoms with Crippen LogP contribution in [0, 0.1) is 17.8 Å². The SMILES string of the molecule is COC(=O)N[C@H](C(=O)N1[C@@H]2C(C)CC[C@@H]2C[C@H]1c1ncc(-c2ccc3c(c2)Oc2ccc(-c4cnc([C@@H]5C[C@@H]6CCC[C@@H]6N5C(=O)[C@@H](NC(=O)OC)[C@@H](C)OC)[nH]4)cc2O3)[nH]1)[C@@H](C)O. The van der Waals surface area contributed by atoms with E-state index in [1.165, 1.54) is 28.3 Å². The topological polar surface area (TPSA) is 223 Å². The van der Waals surface area contributed by atoms with E-state index in [0.717, 1.165) is 61.0 Å². The molecule has 18 heteroatoms. The number of methoxy groups -OCH3 is 3. The zero-order valence-electron chi connectivity index (χ0n) is 36.8. The number of aromatic nitrogens is 4. The Balaban J connectivity index is 0.916. The van der Waals surface area contributed by atoms with E-state index in [1.807, 2.05) is 46.2 Å². The Hall–Kier alpha value is -6.14. The van der Waals surface area contributed by atoms with E-state index in [9.17, 15) is 24.3 Å². The maximum absolute atomic E-state index is 14.2. The number of rotatable bonds is 11. The number of likely N-dealkylation sites (tertiary alicyclic amines) is 2. The molecule has 18 nitrogen and oxygen atoms in total. The van der Waals surface area contributed by atoms with Crippen LogP contribution in [0.4, 0.5) is 9.59 Å². The zero-order valence-corrected chi connectivity index (χ0v) is 36.8. The van der Waals surface area contributed by atoms with Gasteiger partial charge in [-0.05, 0) is 107 Å². The number of aliphatic hydroxyl groups excluding tert-OH is 1. The molecule has 9 rings (SSSR count). The summed E-state index contributed by atoms with van der Waals surface area (Å²) in [5, 5.41) is 15.8. The fraction of sp³-hybridized carbons (Fsp3) is 0.522. The summed E-state index contributed by atoms with van der Waals surface area (Å²) in [5.41, 5.74) is 3.10. The molecule has 2 aromatic carbocycles. The van der Waals surface area contributed by atoms with Crippen LogP contribution in [0.25, 0.3) is 22.5 Å². The molecule has 2 aromatic heterocycles. The molecule has 11 atom stereocenters. The number of ether oxygens (including phenoxy) is 5. The third-order valence-electron chi connectivity index (χ3n) is 14.1. The normalized spacial score (nSPS) is 26.0. The van der Waals surface area contributed by atoms with Crippen LogP contribution >= 0.6 is 0 Å². The van der Waals surface area contributed by atoms with Gasteiger partial charge in [-0.15, -0.1) is 0 Å². The van der Waals surface area contributed by atoms with Crippen molar-refractivity contribution in [2.24, 2.45) is 17.8 Å². The van der Waals surface area contributed by atoms with Crippen LogP contribution in [-0.4, -0.2) is 117 Å². The summed E-state index contributed by atoms with van der Waals surface area (Å²) in [6, 6.07) is 8.48. The second-order valence-corrected chi connectivity index (χ2v) is 17.9. The lowest BCUT2D eigenvalue weighted by atomic mass is 9.99. The third kappa shape index (κ3) is 7.79. The number of carbonyl (C=O) groups is 4. The van der Waals surface area contributed by atoms with Crippen molar-refractivity contribution in [2.45, 2.75) is 114 Å². The molecular weight excluding hydrogens is 825 g/mol. The van der Waals surface area contributed by atoms with Gasteiger partial charge in [0.1, 0.15) is 23.7 Å². The fourth-order valence-electron chi connectivity index (χ4n) is 10.9. The number of amides is 4. The monoisotopic (exact) mass is 880 g/mol. The number of aliphatic hydroxyl groups is 1. The molecule has 4 aromatic rings. The van der Waals surface area contributed by atoms with Gasteiger partial charge in [-0.1, -0.05) is 13.3 Å². The second-order valence-electron chi connectivity index (χ2n) is 17.9. The Bertz CT molecular complexity index is 2420. The molecule has 340 valence electrons. The Morgan fingerprint density at radius 3 is 1.84 bits per heavy atom. The van der Waals surface area contributed by atoms with Crippen molar-refractivity contribution in [2.75, 3.05) is 21.3 Å². The van der Waals surface area contributed by atoms with Gasteiger partial charge in [0.2, 0.25) is 11.8 Å². The standard InChI is InChI=1S/C46H56N8O10/c1-22-10-11-28-17-33(54(40(22)28)43(56)38(23(2)55)51-45(58)61-5)42-48-21-30(50-42)26-13-15-35-37(19-26)64-34-14-12-25(18-36(34)63-35)29-20-47-41(49-29)32-16-27-8-7-9-31(27)53(32)44(57)39(24(3)60-4)52-46(59)62-6/h12-15,18-24,27-28,31-33,38-40,55H,7-11,16-17H2,1-6H3,(H,47,49)(H,48,50)(H,51,58)(H,52,59)/t22?,23-,24-,27+,28-,31+,32+,33+,38+,39+,40-/m1/s1.